The standard InChI is InChI=1S/C10H6ClNS2/c1-13-8-2-3-9-6(7(8)5-12)4-10(11)14-9/h2-4H,1H3. The van der Waals surface area contributed by atoms with Gasteiger partial charge in [0.05, 0.1) is 9.90 Å². The molecule has 0 bridgehead atoms. The molecule has 14 heavy (non-hydrogen) atoms. The molecule has 0 aliphatic carbocycles. The second-order valence-electron chi connectivity index (χ2n) is 2.72. The van der Waals surface area contributed by atoms with E-state index in [4.69, 9.17) is 16.9 Å². The number of rotatable bonds is 1. The molecule has 0 aliphatic heterocycles. The molecule has 0 N–H and O–H groups in total. The van der Waals surface area contributed by atoms with Gasteiger partial charge in [-0.25, -0.2) is 0 Å². The SMILES string of the molecule is CSc1ccc2sc(Cl)cc2c1C#N. The van der Waals surface area contributed by atoms with Crippen LogP contribution in [0.5, 0.6) is 0 Å². The van der Waals surface area contributed by atoms with Crippen molar-refractivity contribution in [3.8, 4) is 6.07 Å². The molecule has 0 unspecified atom stereocenters. The molecule has 70 valence electrons. The Morgan fingerprint density at radius 1 is 1.50 bits per heavy atom. The number of thioether (sulfide) groups is 1. The number of hydrogen-bond donors (Lipinski definition) is 0. The predicted molar refractivity (Wildman–Crippen MR) is 63.3 cm³/mol. The summed E-state index contributed by atoms with van der Waals surface area (Å²) >= 11 is 9.00. The molecule has 2 rings (SSSR count). The summed E-state index contributed by atoms with van der Waals surface area (Å²) < 4.78 is 1.80. The highest BCUT2D eigenvalue weighted by Gasteiger charge is 2.09. The molecule has 0 atom stereocenters. The Kier molecular flexibility index (Phi) is 2.69. The minimum absolute atomic E-state index is 0.731. The van der Waals surface area contributed by atoms with Gasteiger partial charge in [-0.3, -0.25) is 0 Å². The third-order valence-corrected chi connectivity index (χ3v) is 3.97. The average molecular weight is 240 g/mol. The van der Waals surface area contributed by atoms with Crippen LogP contribution in [0.15, 0.2) is 23.1 Å². The zero-order valence-electron chi connectivity index (χ0n) is 7.37. The van der Waals surface area contributed by atoms with E-state index >= 15 is 0 Å². The molecule has 1 aromatic heterocycles. The quantitative estimate of drug-likeness (QED) is 0.698. The van der Waals surface area contributed by atoms with Crippen LogP contribution < -0.4 is 0 Å². The van der Waals surface area contributed by atoms with E-state index in [0.717, 1.165) is 24.9 Å². The molecule has 1 aromatic carbocycles. The number of halogens is 1. The van der Waals surface area contributed by atoms with Crippen LogP contribution in [0, 0.1) is 11.3 Å². The largest absolute Gasteiger partial charge is 0.192 e. The first-order valence-corrected chi connectivity index (χ1v) is 6.34. The number of fused-ring (bicyclic) bond motifs is 1. The fraction of sp³-hybridized carbons (Fsp3) is 0.100. The van der Waals surface area contributed by atoms with E-state index in [9.17, 15) is 0 Å². The van der Waals surface area contributed by atoms with E-state index < -0.39 is 0 Å². The molecule has 0 fully saturated rings. The van der Waals surface area contributed by atoms with Crippen LogP contribution in [0.2, 0.25) is 4.34 Å². The Morgan fingerprint density at radius 2 is 2.29 bits per heavy atom. The number of thiophene rings is 1. The first-order chi connectivity index (χ1) is 6.76. The number of hydrogen-bond acceptors (Lipinski definition) is 3. The maximum absolute atomic E-state index is 9.06. The van der Waals surface area contributed by atoms with Crippen LogP contribution in [0.3, 0.4) is 0 Å². The van der Waals surface area contributed by atoms with Crippen LogP contribution in [0.4, 0.5) is 0 Å². The average Bonchev–Trinajstić information content (AvgIpc) is 2.56. The second-order valence-corrected chi connectivity index (χ2v) is 5.28. The molecule has 1 nitrogen and oxygen atoms in total. The first kappa shape index (κ1) is 9.85. The van der Waals surface area contributed by atoms with Crippen molar-refractivity contribution in [3.05, 3.63) is 28.1 Å². The Hall–Kier alpha value is -0.690. The molecule has 0 aliphatic rings. The van der Waals surface area contributed by atoms with Crippen LogP contribution in [-0.2, 0) is 0 Å². The van der Waals surface area contributed by atoms with Gasteiger partial charge in [0, 0.05) is 15.0 Å². The van der Waals surface area contributed by atoms with Gasteiger partial charge >= 0.3 is 0 Å². The lowest BCUT2D eigenvalue weighted by Gasteiger charge is -1.99. The topological polar surface area (TPSA) is 23.8 Å². The molecule has 0 radical (unpaired) electrons. The van der Waals surface area contributed by atoms with Crippen molar-refractivity contribution >= 4 is 44.8 Å². The van der Waals surface area contributed by atoms with E-state index in [1.165, 1.54) is 11.3 Å². The monoisotopic (exact) mass is 239 g/mol. The van der Waals surface area contributed by atoms with Crippen molar-refractivity contribution in [2.45, 2.75) is 4.90 Å². The Bertz CT molecular complexity index is 525. The van der Waals surface area contributed by atoms with Gasteiger partial charge in [-0.05, 0) is 24.5 Å². The van der Waals surface area contributed by atoms with Crippen molar-refractivity contribution in [2.24, 2.45) is 0 Å². The van der Waals surface area contributed by atoms with Gasteiger partial charge in [-0.1, -0.05) is 11.6 Å². The van der Waals surface area contributed by atoms with Gasteiger partial charge in [-0.15, -0.1) is 23.1 Å². The van der Waals surface area contributed by atoms with Crippen LogP contribution in [-0.4, -0.2) is 6.26 Å². The predicted octanol–water partition coefficient (Wildman–Crippen LogP) is 4.15. The van der Waals surface area contributed by atoms with Crippen LogP contribution in [0.25, 0.3) is 10.1 Å². The molecule has 0 spiro atoms. The lowest BCUT2D eigenvalue weighted by molar-refractivity contribution is 1.41. The summed E-state index contributed by atoms with van der Waals surface area (Å²) in [5, 5.41) is 10.0. The molecule has 4 heteroatoms. The summed E-state index contributed by atoms with van der Waals surface area (Å²) in [5.74, 6) is 0. The molecular weight excluding hydrogens is 234 g/mol. The third kappa shape index (κ3) is 1.50. The zero-order valence-corrected chi connectivity index (χ0v) is 9.76. The Labute approximate surface area is 95.3 Å². The van der Waals surface area contributed by atoms with Gasteiger partial charge in [0.15, 0.2) is 0 Å². The lowest BCUT2D eigenvalue weighted by atomic mass is 10.1. The van der Waals surface area contributed by atoms with Gasteiger partial charge in [-0.2, -0.15) is 5.26 Å². The van der Waals surface area contributed by atoms with Crippen molar-refractivity contribution in [1.29, 1.82) is 5.26 Å². The summed E-state index contributed by atoms with van der Waals surface area (Å²) in [6.07, 6.45) is 1.97. The lowest BCUT2D eigenvalue weighted by Crippen LogP contribution is -1.80. The summed E-state index contributed by atoms with van der Waals surface area (Å²) in [5.41, 5.74) is 0.734. The summed E-state index contributed by atoms with van der Waals surface area (Å²) in [4.78, 5) is 1.01. The van der Waals surface area contributed by atoms with Gasteiger partial charge in [0.25, 0.3) is 0 Å². The van der Waals surface area contributed by atoms with Gasteiger partial charge < -0.3 is 0 Å². The van der Waals surface area contributed by atoms with Gasteiger partial charge in [0.1, 0.15) is 6.07 Å². The molecular formula is C10H6ClNS2. The van der Waals surface area contributed by atoms with E-state index in [0.29, 0.717) is 0 Å². The molecule has 2 aromatic rings. The maximum Gasteiger partial charge on any atom is 0.101 e. The molecule has 1 heterocycles. The van der Waals surface area contributed by atoms with E-state index in [1.54, 1.807) is 11.8 Å². The summed E-state index contributed by atoms with van der Waals surface area (Å²) in [6.45, 7) is 0. The fourth-order valence-corrected chi connectivity index (χ4v) is 3.06. The maximum atomic E-state index is 9.06. The van der Waals surface area contributed by atoms with Gasteiger partial charge in [0.2, 0.25) is 0 Å². The molecule has 0 amide bonds. The number of benzene rings is 1. The van der Waals surface area contributed by atoms with Crippen LogP contribution in [0.1, 0.15) is 5.56 Å². The van der Waals surface area contributed by atoms with E-state index in [1.807, 2.05) is 24.5 Å². The van der Waals surface area contributed by atoms with E-state index in [-0.39, 0.29) is 0 Å². The third-order valence-electron chi connectivity index (χ3n) is 1.96. The second kappa shape index (κ2) is 3.82. The molecule has 0 saturated heterocycles. The minimum atomic E-state index is 0.731. The Balaban J connectivity index is 2.84. The normalized spacial score (nSPS) is 10.4. The highest BCUT2D eigenvalue weighted by atomic mass is 35.5. The number of nitriles is 1. The Morgan fingerprint density at radius 3 is 2.93 bits per heavy atom. The van der Waals surface area contributed by atoms with Crippen molar-refractivity contribution < 1.29 is 0 Å². The van der Waals surface area contributed by atoms with E-state index in [2.05, 4.69) is 6.07 Å². The van der Waals surface area contributed by atoms with Crippen molar-refractivity contribution in [2.75, 3.05) is 6.26 Å². The summed E-state index contributed by atoms with van der Waals surface area (Å²) in [7, 11) is 0. The zero-order chi connectivity index (χ0) is 10.1. The fourth-order valence-electron chi connectivity index (χ4n) is 1.35. The van der Waals surface area contributed by atoms with Crippen molar-refractivity contribution in [1.82, 2.24) is 0 Å². The van der Waals surface area contributed by atoms with Crippen LogP contribution >= 0.6 is 34.7 Å². The summed E-state index contributed by atoms with van der Waals surface area (Å²) in [6, 6.07) is 8.07. The highest BCUT2D eigenvalue weighted by Crippen LogP contribution is 2.35. The molecule has 0 saturated carbocycles. The van der Waals surface area contributed by atoms with Crippen molar-refractivity contribution in [3.63, 3.8) is 0 Å². The smallest absolute Gasteiger partial charge is 0.101 e. The first-order valence-electron chi connectivity index (χ1n) is 3.92. The minimum Gasteiger partial charge on any atom is -0.192 e. The number of nitrogens with zero attached hydrogens (tertiary/aromatic N) is 1. The highest BCUT2D eigenvalue weighted by molar-refractivity contribution is 7.98.